The summed E-state index contributed by atoms with van der Waals surface area (Å²) >= 11 is 0. The van der Waals surface area contributed by atoms with E-state index in [4.69, 9.17) is 28.4 Å². The Hall–Kier alpha value is -3.33. The number of carbonyl (C=O) groups is 1. The lowest BCUT2D eigenvalue weighted by Gasteiger charge is -2.18. The van der Waals surface area contributed by atoms with E-state index in [9.17, 15) is 15.0 Å². The summed E-state index contributed by atoms with van der Waals surface area (Å²) in [5.41, 5.74) is 1.06. The summed E-state index contributed by atoms with van der Waals surface area (Å²) in [4.78, 5) is 12.4. The number of phenolic OH excluding ortho intramolecular Hbond substituents is 1. The lowest BCUT2D eigenvalue weighted by Crippen LogP contribution is -2.06. The molecule has 2 heterocycles. The second-order valence-corrected chi connectivity index (χ2v) is 5.71. The molecule has 9 nitrogen and oxygen atoms in total. The van der Waals surface area contributed by atoms with Crippen molar-refractivity contribution in [2.75, 3.05) is 27.8 Å². The van der Waals surface area contributed by atoms with Gasteiger partial charge in [0.1, 0.15) is 0 Å². The fourth-order valence-electron chi connectivity index (χ4n) is 3.21. The van der Waals surface area contributed by atoms with Crippen LogP contribution in [0.15, 0.2) is 12.1 Å². The molecule has 0 aromatic heterocycles. The van der Waals surface area contributed by atoms with Crippen LogP contribution < -0.4 is 23.7 Å². The molecule has 27 heavy (non-hydrogen) atoms. The summed E-state index contributed by atoms with van der Waals surface area (Å²) in [5, 5.41) is 20.1. The van der Waals surface area contributed by atoms with E-state index in [0.29, 0.717) is 22.6 Å². The molecule has 0 atom stereocenters. The van der Waals surface area contributed by atoms with Crippen LogP contribution in [0.5, 0.6) is 34.5 Å². The Morgan fingerprint density at radius 2 is 1.63 bits per heavy atom. The third-order valence-electron chi connectivity index (χ3n) is 4.36. The number of aliphatic hydroxyl groups excluding tert-OH is 1. The van der Waals surface area contributed by atoms with E-state index in [-0.39, 0.29) is 54.3 Å². The van der Waals surface area contributed by atoms with Crippen molar-refractivity contribution >= 4 is 5.97 Å². The van der Waals surface area contributed by atoms with Crippen LogP contribution in [0.1, 0.15) is 15.9 Å². The molecular weight excluding hydrogens is 360 g/mol. The molecule has 4 rings (SSSR count). The molecule has 0 radical (unpaired) electrons. The van der Waals surface area contributed by atoms with Gasteiger partial charge in [-0.25, -0.2) is 4.79 Å². The van der Waals surface area contributed by atoms with E-state index < -0.39 is 5.97 Å². The van der Waals surface area contributed by atoms with Gasteiger partial charge < -0.3 is 38.6 Å². The van der Waals surface area contributed by atoms with Crippen LogP contribution in [0.4, 0.5) is 0 Å². The van der Waals surface area contributed by atoms with Crippen molar-refractivity contribution in [2.24, 2.45) is 0 Å². The third-order valence-corrected chi connectivity index (χ3v) is 4.36. The van der Waals surface area contributed by atoms with E-state index in [1.807, 2.05) is 0 Å². The maximum absolute atomic E-state index is 12.4. The van der Waals surface area contributed by atoms with Gasteiger partial charge in [0, 0.05) is 11.1 Å². The second-order valence-electron chi connectivity index (χ2n) is 5.71. The Balaban J connectivity index is 2.10. The molecule has 0 amide bonds. The molecule has 9 heteroatoms. The van der Waals surface area contributed by atoms with Gasteiger partial charge in [-0.15, -0.1) is 0 Å². The fraction of sp³-hybridized carbons (Fsp3) is 0.278. The van der Waals surface area contributed by atoms with Gasteiger partial charge in [0.2, 0.25) is 25.1 Å². The van der Waals surface area contributed by atoms with Crippen molar-refractivity contribution < 1.29 is 43.4 Å². The molecule has 2 aliphatic heterocycles. The van der Waals surface area contributed by atoms with Crippen LogP contribution in [0, 0.1) is 0 Å². The number of aromatic hydroxyl groups is 1. The highest BCUT2D eigenvalue weighted by Crippen LogP contribution is 2.56. The van der Waals surface area contributed by atoms with Crippen LogP contribution in [-0.4, -0.2) is 44.0 Å². The van der Waals surface area contributed by atoms with Gasteiger partial charge >= 0.3 is 5.97 Å². The van der Waals surface area contributed by atoms with Crippen molar-refractivity contribution in [1.82, 2.24) is 0 Å². The summed E-state index contributed by atoms with van der Waals surface area (Å²) in [6.45, 7) is -0.567. The lowest BCUT2D eigenvalue weighted by molar-refractivity contribution is 0.0601. The predicted molar refractivity (Wildman–Crippen MR) is 89.6 cm³/mol. The van der Waals surface area contributed by atoms with E-state index in [1.165, 1.54) is 20.3 Å². The maximum atomic E-state index is 12.4. The number of rotatable bonds is 4. The first kappa shape index (κ1) is 17.1. The van der Waals surface area contributed by atoms with E-state index >= 15 is 0 Å². The Morgan fingerprint density at radius 1 is 1.00 bits per heavy atom. The molecule has 2 aromatic rings. The zero-order chi connectivity index (χ0) is 19.1. The molecule has 0 saturated heterocycles. The average Bonchev–Trinajstić information content (AvgIpc) is 3.36. The molecule has 0 fully saturated rings. The van der Waals surface area contributed by atoms with Crippen molar-refractivity contribution in [3.63, 3.8) is 0 Å². The highest BCUT2D eigenvalue weighted by atomic mass is 16.7. The quantitative estimate of drug-likeness (QED) is 0.771. The highest BCUT2D eigenvalue weighted by Gasteiger charge is 2.35. The van der Waals surface area contributed by atoms with Crippen molar-refractivity contribution in [2.45, 2.75) is 6.61 Å². The van der Waals surface area contributed by atoms with Crippen molar-refractivity contribution in [1.29, 1.82) is 0 Å². The first-order valence-corrected chi connectivity index (χ1v) is 7.95. The van der Waals surface area contributed by atoms with Crippen LogP contribution in [0.2, 0.25) is 0 Å². The average molecular weight is 376 g/mol. The van der Waals surface area contributed by atoms with Crippen molar-refractivity contribution in [3.8, 4) is 45.6 Å². The van der Waals surface area contributed by atoms with Crippen LogP contribution in [0.25, 0.3) is 11.1 Å². The first-order valence-electron chi connectivity index (χ1n) is 7.95. The molecule has 2 aromatic carbocycles. The summed E-state index contributed by atoms with van der Waals surface area (Å²) in [7, 11) is 2.69. The number of hydrogen-bond acceptors (Lipinski definition) is 9. The minimum absolute atomic E-state index is 0.0248. The molecule has 0 spiro atoms. The van der Waals surface area contributed by atoms with Gasteiger partial charge in [-0.1, -0.05) is 0 Å². The molecular formula is C18H16O9. The molecule has 0 aliphatic carbocycles. The standard InChI is InChI=1S/C18H16O9/c1-22-11-3-8(5-19)12(16-15(11)25-7-26-16)13-9(18(21)23-2)4-10(20)14-17(13)27-6-24-14/h3-4,19-20H,5-7H2,1-2H3. The number of methoxy groups -OCH3 is 2. The number of fused-ring (bicyclic) bond motifs is 2. The van der Waals surface area contributed by atoms with Gasteiger partial charge in [0.25, 0.3) is 0 Å². The Bertz CT molecular complexity index is 935. The van der Waals surface area contributed by atoms with Crippen molar-refractivity contribution in [3.05, 3.63) is 23.3 Å². The normalized spacial score (nSPS) is 13.6. The van der Waals surface area contributed by atoms with Crippen LogP contribution in [0.3, 0.4) is 0 Å². The predicted octanol–water partition coefficient (Wildman–Crippen LogP) is 1.80. The summed E-state index contributed by atoms with van der Waals surface area (Å²) in [5.74, 6) is 0.263. The Labute approximate surface area is 153 Å². The van der Waals surface area contributed by atoms with Crippen LogP contribution in [-0.2, 0) is 11.3 Å². The van der Waals surface area contributed by atoms with Gasteiger partial charge in [0.15, 0.2) is 23.0 Å². The molecule has 142 valence electrons. The molecule has 2 N–H and O–H groups in total. The summed E-state index contributed by atoms with van der Waals surface area (Å²) in [6.07, 6.45) is 0. The smallest absolute Gasteiger partial charge is 0.338 e. The second kappa shape index (κ2) is 6.44. The number of benzene rings is 2. The van der Waals surface area contributed by atoms with Gasteiger partial charge in [-0.05, 0) is 17.7 Å². The van der Waals surface area contributed by atoms with E-state index in [2.05, 4.69) is 0 Å². The maximum Gasteiger partial charge on any atom is 0.338 e. The SMILES string of the molecule is COC(=O)c1cc(O)c2c(c1-c1c(CO)cc(OC)c3c1OCO3)OCO2. The van der Waals surface area contributed by atoms with Gasteiger partial charge in [0.05, 0.1) is 26.4 Å². The van der Waals surface area contributed by atoms with Gasteiger partial charge in [-0.2, -0.15) is 0 Å². The monoisotopic (exact) mass is 376 g/mol. The number of carbonyl (C=O) groups excluding carboxylic acids is 1. The number of ether oxygens (including phenoxy) is 6. The number of hydrogen-bond donors (Lipinski definition) is 2. The zero-order valence-corrected chi connectivity index (χ0v) is 14.5. The Kier molecular flexibility index (Phi) is 4.08. The number of esters is 1. The minimum atomic E-state index is -0.703. The topological polar surface area (TPSA) is 113 Å². The summed E-state index contributed by atoms with van der Waals surface area (Å²) in [6, 6.07) is 2.81. The highest BCUT2D eigenvalue weighted by molar-refractivity contribution is 6.03. The van der Waals surface area contributed by atoms with E-state index in [1.54, 1.807) is 6.07 Å². The number of aliphatic hydroxyl groups is 1. The fourth-order valence-corrected chi connectivity index (χ4v) is 3.21. The van der Waals surface area contributed by atoms with E-state index in [0.717, 1.165) is 0 Å². The molecule has 0 unspecified atom stereocenters. The number of phenols is 1. The largest absolute Gasteiger partial charge is 0.504 e. The lowest BCUT2D eigenvalue weighted by atomic mass is 9.92. The molecule has 0 saturated carbocycles. The Morgan fingerprint density at radius 3 is 2.26 bits per heavy atom. The summed E-state index contributed by atoms with van der Waals surface area (Å²) < 4.78 is 32.1. The minimum Gasteiger partial charge on any atom is -0.504 e. The molecule has 0 bridgehead atoms. The van der Waals surface area contributed by atoms with Crippen LogP contribution >= 0.6 is 0 Å². The molecule has 2 aliphatic rings. The zero-order valence-electron chi connectivity index (χ0n) is 14.5. The van der Waals surface area contributed by atoms with Gasteiger partial charge in [-0.3, -0.25) is 0 Å². The third kappa shape index (κ3) is 2.47. The first-order chi connectivity index (χ1) is 13.1.